The minimum Gasteiger partial charge on any atom is -0.349 e. The maximum atomic E-state index is 13.1. The highest BCUT2D eigenvalue weighted by molar-refractivity contribution is 9.10. The molecule has 1 saturated heterocycles. The van der Waals surface area contributed by atoms with Crippen molar-refractivity contribution < 1.29 is 14.0 Å². The molecule has 1 N–H and O–H groups in total. The molecule has 0 bridgehead atoms. The summed E-state index contributed by atoms with van der Waals surface area (Å²) in [4.78, 5) is 27.0. The van der Waals surface area contributed by atoms with Gasteiger partial charge < -0.3 is 10.2 Å². The average Bonchev–Trinajstić information content (AvgIpc) is 2.68. The number of rotatable bonds is 4. The first-order valence-electron chi connectivity index (χ1n) is 9.05. The number of nitrogens with zero attached hydrogens (tertiary/aromatic N) is 1. The van der Waals surface area contributed by atoms with Crippen molar-refractivity contribution in [2.75, 3.05) is 13.1 Å². The van der Waals surface area contributed by atoms with E-state index < -0.39 is 0 Å². The summed E-state index contributed by atoms with van der Waals surface area (Å²) in [5, 5.41) is 3.06. The Hall–Kier alpha value is -2.21. The van der Waals surface area contributed by atoms with Crippen LogP contribution in [0, 0.1) is 11.7 Å². The van der Waals surface area contributed by atoms with E-state index in [1.165, 1.54) is 24.3 Å². The van der Waals surface area contributed by atoms with Gasteiger partial charge in [-0.15, -0.1) is 0 Å². The van der Waals surface area contributed by atoms with Gasteiger partial charge in [-0.25, -0.2) is 4.39 Å². The molecule has 2 aromatic carbocycles. The predicted molar refractivity (Wildman–Crippen MR) is 106 cm³/mol. The van der Waals surface area contributed by atoms with Gasteiger partial charge in [0, 0.05) is 23.1 Å². The smallest absolute Gasteiger partial charge is 0.253 e. The summed E-state index contributed by atoms with van der Waals surface area (Å²) in [6.07, 6.45) is 1.52. The lowest BCUT2D eigenvalue weighted by Crippen LogP contribution is -2.45. The molecule has 0 aromatic heterocycles. The van der Waals surface area contributed by atoms with Crippen molar-refractivity contribution in [3.05, 3.63) is 69.9 Å². The molecule has 0 saturated carbocycles. The number of nitrogens with one attached hydrogen (secondary N) is 1. The first kappa shape index (κ1) is 19.5. The van der Waals surface area contributed by atoms with Crippen molar-refractivity contribution in [3.8, 4) is 0 Å². The molecule has 142 valence electrons. The molecule has 2 atom stereocenters. The lowest BCUT2D eigenvalue weighted by molar-refractivity contribution is -0.127. The number of carbonyl (C=O) groups is 2. The van der Waals surface area contributed by atoms with Crippen LogP contribution < -0.4 is 5.32 Å². The van der Waals surface area contributed by atoms with Gasteiger partial charge in [-0.1, -0.05) is 34.1 Å². The zero-order valence-corrected chi connectivity index (χ0v) is 16.7. The summed E-state index contributed by atoms with van der Waals surface area (Å²) in [7, 11) is 0. The number of hydrogen-bond donors (Lipinski definition) is 1. The van der Waals surface area contributed by atoms with Crippen molar-refractivity contribution in [2.24, 2.45) is 5.92 Å². The van der Waals surface area contributed by atoms with Crippen LogP contribution in [0.3, 0.4) is 0 Å². The van der Waals surface area contributed by atoms with E-state index in [-0.39, 0.29) is 29.6 Å². The van der Waals surface area contributed by atoms with Gasteiger partial charge in [0.1, 0.15) is 5.82 Å². The normalized spacial score (nSPS) is 18.0. The van der Waals surface area contributed by atoms with Crippen LogP contribution in [0.2, 0.25) is 0 Å². The lowest BCUT2D eigenvalue weighted by atomic mass is 9.95. The first-order chi connectivity index (χ1) is 13.0. The van der Waals surface area contributed by atoms with E-state index in [1.54, 1.807) is 4.90 Å². The third-order valence-electron chi connectivity index (χ3n) is 4.90. The second-order valence-electron chi connectivity index (χ2n) is 6.85. The van der Waals surface area contributed by atoms with Gasteiger partial charge in [-0.05, 0) is 55.7 Å². The fourth-order valence-electron chi connectivity index (χ4n) is 3.39. The minimum atomic E-state index is -0.372. The number of halogens is 2. The van der Waals surface area contributed by atoms with E-state index in [4.69, 9.17) is 0 Å². The number of likely N-dealkylation sites (tertiary alicyclic amines) is 1. The van der Waals surface area contributed by atoms with Crippen molar-refractivity contribution in [2.45, 2.75) is 25.8 Å². The maximum absolute atomic E-state index is 13.1. The molecule has 1 fully saturated rings. The molecule has 2 aromatic rings. The van der Waals surface area contributed by atoms with Crippen molar-refractivity contribution in [1.82, 2.24) is 10.2 Å². The molecule has 0 spiro atoms. The lowest BCUT2D eigenvalue weighted by Gasteiger charge is -2.32. The van der Waals surface area contributed by atoms with Crippen LogP contribution in [-0.4, -0.2) is 29.8 Å². The Morgan fingerprint density at radius 1 is 1.19 bits per heavy atom. The van der Waals surface area contributed by atoms with E-state index in [9.17, 15) is 14.0 Å². The second-order valence-corrected chi connectivity index (χ2v) is 7.70. The summed E-state index contributed by atoms with van der Waals surface area (Å²) in [6.45, 7) is 2.94. The number of carbonyl (C=O) groups excluding carboxylic acids is 2. The van der Waals surface area contributed by atoms with Crippen LogP contribution in [-0.2, 0) is 4.79 Å². The van der Waals surface area contributed by atoms with Gasteiger partial charge in [-0.2, -0.15) is 0 Å². The van der Waals surface area contributed by atoms with Crippen LogP contribution in [0.4, 0.5) is 4.39 Å². The quantitative estimate of drug-likeness (QED) is 0.781. The highest BCUT2D eigenvalue weighted by Crippen LogP contribution is 2.24. The number of piperidine rings is 1. The Labute approximate surface area is 166 Å². The van der Waals surface area contributed by atoms with Gasteiger partial charge in [0.15, 0.2) is 0 Å². The zero-order valence-electron chi connectivity index (χ0n) is 15.1. The standard InChI is InChI=1S/C21H22BrFN2O2/c1-14(18-6-2-3-7-19(18)22)24-20(26)16-5-4-12-25(13-16)21(27)15-8-10-17(23)11-9-15/h2-3,6-11,14,16H,4-5,12-13H2,1H3,(H,24,26). The fourth-order valence-corrected chi connectivity index (χ4v) is 4.01. The Morgan fingerprint density at radius 2 is 1.89 bits per heavy atom. The summed E-state index contributed by atoms with van der Waals surface area (Å²) in [6, 6.07) is 13.2. The van der Waals surface area contributed by atoms with Crippen LogP contribution in [0.15, 0.2) is 53.0 Å². The summed E-state index contributed by atoms with van der Waals surface area (Å²) < 4.78 is 14.0. The molecule has 2 unspecified atom stereocenters. The molecule has 2 amide bonds. The van der Waals surface area contributed by atoms with Crippen LogP contribution in [0.5, 0.6) is 0 Å². The maximum Gasteiger partial charge on any atom is 0.253 e. The number of amides is 2. The van der Waals surface area contributed by atoms with E-state index in [1.807, 2.05) is 31.2 Å². The Morgan fingerprint density at radius 3 is 2.59 bits per heavy atom. The Balaban J connectivity index is 1.63. The van der Waals surface area contributed by atoms with Gasteiger partial charge in [-0.3, -0.25) is 9.59 Å². The Kier molecular flexibility index (Phi) is 6.26. The molecule has 3 rings (SSSR count). The molecular formula is C21H22BrFN2O2. The summed E-state index contributed by atoms with van der Waals surface area (Å²) in [5.74, 6) is -0.821. The van der Waals surface area contributed by atoms with Gasteiger partial charge >= 0.3 is 0 Å². The van der Waals surface area contributed by atoms with Crippen molar-refractivity contribution in [1.29, 1.82) is 0 Å². The van der Waals surface area contributed by atoms with E-state index in [0.717, 1.165) is 22.9 Å². The molecule has 1 aliphatic rings. The topological polar surface area (TPSA) is 49.4 Å². The largest absolute Gasteiger partial charge is 0.349 e. The van der Waals surface area contributed by atoms with E-state index in [0.29, 0.717) is 18.7 Å². The van der Waals surface area contributed by atoms with Crippen LogP contribution >= 0.6 is 15.9 Å². The SMILES string of the molecule is CC(NC(=O)C1CCCN(C(=O)c2ccc(F)cc2)C1)c1ccccc1Br. The molecule has 0 aliphatic carbocycles. The molecule has 1 aliphatic heterocycles. The Bertz CT molecular complexity index is 825. The summed E-state index contributed by atoms with van der Waals surface area (Å²) in [5.41, 5.74) is 1.46. The first-order valence-corrected chi connectivity index (χ1v) is 9.84. The molecule has 1 heterocycles. The highest BCUT2D eigenvalue weighted by atomic mass is 79.9. The van der Waals surface area contributed by atoms with Crippen molar-refractivity contribution >= 4 is 27.7 Å². The number of benzene rings is 2. The predicted octanol–water partition coefficient (Wildman–Crippen LogP) is 4.32. The molecule has 27 heavy (non-hydrogen) atoms. The second kappa shape index (κ2) is 8.65. The minimum absolute atomic E-state index is 0.0464. The molecule has 4 nitrogen and oxygen atoms in total. The highest BCUT2D eigenvalue weighted by Gasteiger charge is 2.29. The average molecular weight is 433 g/mol. The third kappa shape index (κ3) is 4.75. The monoisotopic (exact) mass is 432 g/mol. The zero-order chi connectivity index (χ0) is 19.4. The molecular weight excluding hydrogens is 411 g/mol. The fraction of sp³-hybridized carbons (Fsp3) is 0.333. The molecule has 0 radical (unpaired) electrons. The summed E-state index contributed by atoms with van der Waals surface area (Å²) >= 11 is 3.51. The molecule has 6 heteroatoms. The van der Waals surface area contributed by atoms with E-state index in [2.05, 4.69) is 21.2 Å². The van der Waals surface area contributed by atoms with Gasteiger partial charge in [0.2, 0.25) is 5.91 Å². The van der Waals surface area contributed by atoms with Crippen molar-refractivity contribution in [3.63, 3.8) is 0 Å². The van der Waals surface area contributed by atoms with Crippen LogP contribution in [0.1, 0.15) is 41.7 Å². The van der Waals surface area contributed by atoms with Crippen LogP contribution in [0.25, 0.3) is 0 Å². The number of hydrogen-bond acceptors (Lipinski definition) is 2. The van der Waals surface area contributed by atoms with Gasteiger partial charge in [0.05, 0.1) is 12.0 Å². The van der Waals surface area contributed by atoms with E-state index >= 15 is 0 Å². The third-order valence-corrected chi connectivity index (χ3v) is 5.62. The van der Waals surface area contributed by atoms with Gasteiger partial charge in [0.25, 0.3) is 5.91 Å².